The molecule has 194 valence electrons. The Labute approximate surface area is 218 Å². The highest BCUT2D eigenvalue weighted by Crippen LogP contribution is 2.22. The Balaban J connectivity index is 1.30. The van der Waals surface area contributed by atoms with Crippen molar-refractivity contribution in [1.29, 1.82) is 0 Å². The fraction of sp³-hybridized carbons (Fsp3) is 0.500. The molecule has 0 amide bonds. The minimum Gasteiger partial charge on any atom is -0.494 e. The van der Waals surface area contributed by atoms with Crippen LogP contribution >= 0.6 is 0 Å². The summed E-state index contributed by atoms with van der Waals surface area (Å²) in [7, 11) is 0. The average Bonchev–Trinajstić information content (AvgIpc) is 2.92. The zero-order valence-electron chi connectivity index (χ0n) is 22.3. The summed E-state index contributed by atoms with van der Waals surface area (Å²) >= 11 is 0. The van der Waals surface area contributed by atoms with Gasteiger partial charge in [0.2, 0.25) is 0 Å². The van der Waals surface area contributed by atoms with Gasteiger partial charge in [-0.3, -0.25) is 0 Å². The first kappa shape index (κ1) is 27.9. The van der Waals surface area contributed by atoms with Gasteiger partial charge in [0.15, 0.2) is 0 Å². The third kappa shape index (κ3) is 10.9. The third-order valence-corrected chi connectivity index (χ3v) is 6.55. The molecule has 1 aromatic heterocycles. The van der Waals surface area contributed by atoms with E-state index in [2.05, 4.69) is 48.1 Å². The molecule has 0 aliphatic carbocycles. The normalized spacial score (nSPS) is 11.9. The van der Waals surface area contributed by atoms with Crippen molar-refractivity contribution in [1.82, 2.24) is 9.97 Å². The highest BCUT2D eigenvalue weighted by molar-refractivity contribution is 5.62. The van der Waals surface area contributed by atoms with Crippen molar-refractivity contribution in [2.24, 2.45) is 0 Å². The molecule has 0 aliphatic heterocycles. The van der Waals surface area contributed by atoms with E-state index in [1.165, 1.54) is 50.5 Å². The van der Waals surface area contributed by atoms with Crippen molar-refractivity contribution in [2.45, 2.75) is 97.2 Å². The van der Waals surface area contributed by atoms with E-state index in [0.29, 0.717) is 6.61 Å². The maximum absolute atomic E-state index is 5.96. The van der Waals surface area contributed by atoms with E-state index in [-0.39, 0.29) is 6.10 Å². The van der Waals surface area contributed by atoms with Crippen LogP contribution in [0.2, 0.25) is 0 Å². The first-order valence-electron chi connectivity index (χ1n) is 13.9. The largest absolute Gasteiger partial charge is 0.494 e. The molecule has 0 radical (unpaired) electrons. The molecule has 0 saturated heterocycles. The summed E-state index contributed by atoms with van der Waals surface area (Å²) in [6, 6.07) is 18.6. The fourth-order valence-electron chi connectivity index (χ4n) is 4.25. The lowest BCUT2D eigenvalue weighted by Gasteiger charge is -2.13. The van der Waals surface area contributed by atoms with Gasteiger partial charge in [-0.15, -0.1) is 0 Å². The first-order valence-corrected chi connectivity index (χ1v) is 13.9. The van der Waals surface area contributed by atoms with E-state index in [0.717, 1.165) is 55.0 Å². The average molecular weight is 489 g/mol. The number of hydrogen-bond donors (Lipinski definition) is 0. The smallest absolute Gasteiger partial charge is 0.128 e. The summed E-state index contributed by atoms with van der Waals surface area (Å²) in [5.41, 5.74) is 3.36. The van der Waals surface area contributed by atoms with E-state index < -0.39 is 0 Å². The number of hydrogen-bond acceptors (Lipinski definition) is 4. The van der Waals surface area contributed by atoms with Gasteiger partial charge in [-0.1, -0.05) is 94.3 Å². The van der Waals surface area contributed by atoms with Gasteiger partial charge in [0.05, 0.1) is 19.3 Å². The molecule has 0 fully saturated rings. The Morgan fingerprint density at radius 1 is 0.722 bits per heavy atom. The lowest BCUT2D eigenvalue weighted by atomic mass is 10.1. The van der Waals surface area contributed by atoms with E-state index >= 15 is 0 Å². The second-order valence-electron chi connectivity index (χ2n) is 9.74. The number of benzene rings is 2. The minimum absolute atomic E-state index is 0.223. The number of nitrogens with zero attached hydrogens (tertiary/aromatic N) is 2. The molecule has 1 heterocycles. The lowest BCUT2D eigenvalue weighted by Crippen LogP contribution is -2.09. The quantitative estimate of drug-likeness (QED) is 0.168. The van der Waals surface area contributed by atoms with Crippen molar-refractivity contribution in [3.05, 3.63) is 78.4 Å². The van der Waals surface area contributed by atoms with Gasteiger partial charge >= 0.3 is 0 Å². The number of aryl methyl sites for hydroxylation is 1. The number of ether oxygens (including phenoxy) is 2. The Morgan fingerprint density at radius 3 is 2.08 bits per heavy atom. The summed E-state index contributed by atoms with van der Waals surface area (Å²) in [5.74, 6) is 1.82. The van der Waals surface area contributed by atoms with Crippen LogP contribution < -0.4 is 4.74 Å². The van der Waals surface area contributed by atoms with Gasteiger partial charge in [-0.05, 0) is 49.4 Å². The molecule has 4 heteroatoms. The van der Waals surface area contributed by atoms with Gasteiger partial charge in [0, 0.05) is 24.4 Å². The van der Waals surface area contributed by atoms with Gasteiger partial charge in [0.1, 0.15) is 11.6 Å². The van der Waals surface area contributed by atoms with Crippen LogP contribution in [0.5, 0.6) is 5.75 Å². The van der Waals surface area contributed by atoms with Crippen LogP contribution in [0.1, 0.15) is 89.4 Å². The molecule has 2 aromatic carbocycles. The van der Waals surface area contributed by atoms with Crippen LogP contribution in [0, 0.1) is 0 Å². The second kappa shape index (κ2) is 16.9. The van der Waals surface area contributed by atoms with Crippen molar-refractivity contribution >= 4 is 0 Å². The standard InChI is InChI=1S/C32H44N2O2/c1-3-4-5-6-7-8-9-13-23-35-31-21-19-29(20-22-31)30-24-33-32(34-25-30)18-14-15-27(2)36-26-28-16-11-10-12-17-28/h10-12,16-17,19-22,24-25,27H,3-9,13-15,18,23,26H2,1-2H3. The molecular formula is C32H44N2O2. The van der Waals surface area contributed by atoms with Gasteiger partial charge in [-0.2, -0.15) is 0 Å². The van der Waals surface area contributed by atoms with Crippen LogP contribution in [-0.4, -0.2) is 22.7 Å². The van der Waals surface area contributed by atoms with E-state index in [1.807, 2.05) is 42.7 Å². The minimum atomic E-state index is 0.223. The van der Waals surface area contributed by atoms with Crippen LogP contribution in [0.4, 0.5) is 0 Å². The predicted octanol–water partition coefficient (Wildman–Crippen LogP) is 8.59. The Hall–Kier alpha value is -2.72. The van der Waals surface area contributed by atoms with Crippen LogP contribution in [0.3, 0.4) is 0 Å². The van der Waals surface area contributed by atoms with Crippen LogP contribution in [0.25, 0.3) is 11.1 Å². The third-order valence-electron chi connectivity index (χ3n) is 6.55. The molecule has 36 heavy (non-hydrogen) atoms. The maximum Gasteiger partial charge on any atom is 0.128 e. The maximum atomic E-state index is 5.96. The molecule has 0 saturated carbocycles. The molecule has 1 atom stereocenters. The molecular weight excluding hydrogens is 444 g/mol. The number of unbranched alkanes of at least 4 members (excludes halogenated alkanes) is 7. The molecule has 1 unspecified atom stereocenters. The zero-order valence-corrected chi connectivity index (χ0v) is 22.3. The van der Waals surface area contributed by atoms with Crippen LogP contribution in [-0.2, 0) is 17.8 Å². The second-order valence-corrected chi connectivity index (χ2v) is 9.74. The Kier molecular flexibility index (Phi) is 13.0. The van der Waals surface area contributed by atoms with Gasteiger partial charge in [-0.25, -0.2) is 9.97 Å². The highest BCUT2D eigenvalue weighted by atomic mass is 16.5. The SMILES string of the molecule is CCCCCCCCCCOc1ccc(-c2cnc(CCCC(C)OCc3ccccc3)nc2)cc1. The van der Waals surface area contributed by atoms with Crippen molar-refractivity contribution < 1.29 is 9.47 Å². The molecule has 0 spiro atoms. The highest BCUT2D eigenvalue weighted by Gasteiger charge is 2.06. The molecule has 0 bridgehead atoms. The first-order chi connectivity index (χ1) is 17.7. The lowest BCUT2D eigenvalue weighted by molar-refractivity contribution is 0.0463. The molecule has 0 N–H and O–H groups in total. The molecule has 3 rings (SSSR count). The Morgan fingerprint density at radius 2 is 1.39 bits per heavy atom. The monoisotopic (exact) mass is 488 g/mol. The predicted molar refractivity (Wildman–Crippen MR) is 149 cm³/mol. The van der Waals surface area contributed by atoms with Gasteiger partial charge in [0.25, 0.3) is 0 Å². The van der Waals surface area contributed by atoms with Crippen molar-refractivity contribution in [3.8, 4) is 16.9 Å². The van der Waals surface area contributed by atoms with E-state index in [1.54, 1.807) is 0 Å². The van der Waals surface area contributed by atoms with Crippen LogP contribution in [0.15, 0.2) is 67.0 Å². The van der Waals surface area contributed by atoms with E-state index in [4.69, 9.17) is 9.47 Å². The molecule has 4 nitrogen and oxygen atoms in total. The van der Waals surface area contributed by atoms with Crippen molar-refractivity contribution in [2.75, 3.05) is 6.61 Å². The topological polar surface area (TPSA) is 44.2 Å². The van der Waals surface area contributed by atoms with Gasteiger partial charge < -0.3 is 9.47 Å². The zero-order chi connectivity index (χ0) is 25.3. The number of rotatable bonds is 18. The Bertz CT molecular complexity index is 942. The molecule has 0 aliphatic rings. The number of aromatic nitrogens is 2. The summed E-state index contributed by atoms with van der Waals surface area (Å²) in [4.78, 5) is 9.17. The fourth-order valence-corrected chi connectivity index (χ4v) is 4.25. The summed E-state index contributed by atoms with van der Waals surface area (Å²) in [5, 5.41) is 0. The van der Waals surface area contributed by atoms with E-state index in [9.17, 15) is 0 Å². The molecule has 3 aromatic rings. The summed E-state index contributed by atoms with van der Waals surface area (Å²) < 4.78 is 11.9. The van der Waals surface area contributed by atoms with Crippen molar-refractivity contribution in [3.63, 3.8) is 0 Å². The summed E-state index contributed by atoms with van der Waals surface area (Å²) in [6.45, 7) is 5.86. The summed E-state index contributed by atoms with van der Waals surface area (Å²) in [6.07, 6.45) is 17.5.